The molecule has 2 unspecified atom stereocenters. The second-order valence-corrected chi connectivity index (χ2v) is 7.51. The van der Waals surface area contributed by atoms with E-state index in [4.69, 9.17) is 4.74 Å². The van der Waals surface area contributed by atoms with Crippen LogP contribution in [0.3, 0.4) is 0 Å². The van der Waals surface area contributed by atoms with Gasteiger partial charge in [-0.25, -0.2) is 0 Å². The van der Waals surface area contributed by atoms with Crippen molar-refractivity contribution < 1.29 is 14.6 Å². The van der Waals surface area contributed by atoms with E-state index >= 15 is 0 Å². The van der Waals surface area contributed by atoms with E-state index in [1.807, 2.05) is 18.2 Å². The molecule has 0 saturated heterocycles. The lowest BCUT2D eigenvalue weighted by Crippen LogP contribution is -2.50. The normalized spacial score (nSPS) is 19.8. The molecule has 2 aromatic carbocycles. The number of hydrogen-bond acceptors (Lipinski definition) is 3. The van der Waals surface area contributed by atoms with Crippen molar-refractivity contribution in [1.82, 2.24) is 0 Å². The van der Waals surface area contributed by atoms with Crippen molar-refractivity contribution in [3.05, 3.63) is 65.2 Å². The number of ether oxygens (including phenoxy) is 1. The molecular formula is C22H26O3. The van der Waals surface area contributed by atoms with Gasteiger partial charge in [0.15, 0.2) is 11.9 Å². The highest BCUT2D eigenvalue weighted by Crippen LogP contribution is 2.36. The predicted octanol–water partition coefficient (Wildman–Crippen LogP) is 4.53. The number of aryl methyl sites for hydroxylation is 1. The average Bonchev–Trinajstić information content (AvgIpc) is 2.60. The van der Waals surface area contributed by atoms with Crippen LogP contribution in [0.25, 0.3) is 0 Å². The van der Waals surface area contributed by atoms with E-state index in [0.717, 1.165) is 19.3 Å². The van der Waals surface area contributed by atoms with Crippen LogP contribution in [0.2, 0.25) is 0 Å². The summed E-state index contributed by atoms with van der Waals surface area (Å²) in [6.45, 7) is 5.69. The molecule has 132 valence electrons. The zero-order chi connectivity index (χ0) is 18.0. The number of aliphatic hydroxyl groups is 1. The topological polar surface area (TPSA) is 46.5 Å². The van der Waals surface area contributed by atoms with Gasteiger partial charge < -0.3 is 9.84 Å². The molecule has 0 spiro atoms. The van der Waals surface area contributed by atoms with E-state index in [-0.39, 0.29) is 5.78 Å². The van der Waals surface area contributed by atoms with Gasteiger partial charge in [0.25, 0.3) is 0 Å². The predicted molar refractivity (Wildman–Crippen MR) is 99.3 cm³/mol. The summed E-state index contributed by atoms with van der Waals surface area (Å²) in [5, 5.41) is 10.1. The van der Waals surface area contributed by atoms with Crippen molar-refractivity contribution >= 4 is 5.78 Å². The SMILES string of the molecule is CC(CCCc1ccccc1)c1ccc2c(c1)OC(C)(C)C(O)C2=O. The summed E-state index contributed by atoms with van der Waals surface area (Å²) in [7, 11) is 0. The summed E-state index contributed by atoms with van der Waals surface area (Å²) in [5.41, 5.74) is 2.13. The summed E-state index contributed by atoms with van der Waals surface area (Å²) >= 11 is 0. The summed E-state index contributed by atoms with van der Waals surface area (Å²) in [6, 6.07) is 16.3. The largest absolute Gasteiger partial charge is 0.484 e. The van der Waals surface area contributed by atoms with E-state index in [9.17, 15) is 9.90 Å². The zero-order valence-corrected chi connectivity index (χ0v) is 15.2. The standard InChI is InChI=1S/C22H26O3/c1-15(8-7-11-16-9-5-4-6-10-16)17-12-13-18-19(14-17)25-22(2,3)21(24)20(18)23/h4-6,9-10,12-15,21,24H,7-8,11H2,1-3H3. The Bertz CT molecular complexity index is 749. The lowest BCUT2D eigenvalue weighted by atomic mass is 9.87. The van der Waals surface area contributed by atoms with E-state index < -0.39 is 11.7 Å². The van der Waals surface area contributed by atoms with Crippen LogP contribution < -0.4 is 4.74 Å². The summed E-state index contributed by atoms with van der Waals surface area (Å²) in [6.07, 6.45) is 2.15. The number of aliphatic hydroxyl groups excluding tert-OH is 1. The Labute approximate surface area is 149 Å². The number of carbonyl (C=O) groups is 1. The molecule has 0 aliphatic carbocycles. The van der Waals surface area contributed by atoms with Gasteiger partial charge >= 0.3 is 0 Å². The van der Waals surface area contributed by atoms with Crippen LogP contribution in [0.5, 0.6) is 5.75 Å². The fraction of sp³-hybridized carbons (Fsp3) is 0.409. The molecule has 25 heavy (non-hydrogen) atoms. The molecule has 0 fully saturated rings. The van der Waals surface area contributed by atoms with Gasteiger partial charge in [0.1, 0.15) is 11.4 Å². The third-order valence-electron chi connectivity index (χ3n) is 5.07. The first-order valence-electron chi connectivity index (χ1n) is 8.97. The third kappa shape index (κ3) is 3.77. The highest BCUT2D eigenvalue weighted by molar-refractivity contribution is 6.03. The molecule has 3 rings (SSSR count). The first-order chi connectivity index (χ1) is 11.9. The van der Waals surface area contributed by atoms with Gasteiger partial charge in [0.05, 0.1) is 5.56 Å². The number of benzene rings is 2. The molecule has 0 amide bonds. The first-order valence-corrected chi connectivity index (χ1v) is 8.97. The van der Waals surface area contributed by atoms with Gasteiger partial charge in [-0.15, -0.1) is 0 Å². The zero-order valence-electron chi connectivity index (χ0n) is 15.2. The number of rotatable bonds is 5. The highest BCUT2D eigenvalue weighted by atomic mass is 16.5. The Morgan fingerprint density at radius 3 is 2.60 bits per heavy atom. The quantitative estimate of drug-likeness (QED) is 0.871. The van der Waals surface area contributed by atoms with Crippen molar-refractivity contribution in [2.75, 3.05) is 0 Å². The van der Waals surface area contributed by atoms with Crippen LogP contribution in [0.15, 0.2) is 48.5 Å². The molecule has 1 N–H and O–H groups in total. The minimum absolute atomic E-state index is 0.255. The van der Waals surface area contributed by atoms with Gasteiger partial charge in [-0.3, -0.25) is 4.79 Å². The molecule has 2 aromatic rings. The van der Waals surface area contributed by atoms with Gasteiger partial charge in [-0.1, -0.05) is 43.3 Å². The van der Waals surface area contributed by atoms with Crippen LogP contribution in [-0.2, 0) is 6.42 Å². The first kappa shape index (κ1) is 17.7. The van der Waals surface area contributed by atoms with E-state index in [1.165, 1.54) is 11.1 Å². The molecule has 0 aromatic heterocycles. The minimum atomic E-state index is -1.12. The van der Waals surface area contributed by atoms with E-state index in [0.29, 0.717) is 17.2 Å². The monoisotopic (exact) mass is 338 g/mol. The van der Waals surface area contributed by atoms with Gasteiger partial charge in [0.2, 0.25) is 0 Å². The van der Waals surface area contributed by atoms with Crippen LogP contribution in [-0.4, -0.2) is 22.6 Å². The molecular weight excluding hydrogens is 312 g/mol. The summed E-state index contributed by atoms with van der Waals surface area (Å²) < 4.78 is 5.90. The number of Topliss-reactive ketones (excluding diaryl/α,β-unsaturated/α-hetero) is 1. The summed E-state index contributed by atoms with van der Waals surface area (Å²) in [5.74, 6) is 0.727. The van der Waals surface area contributed by atoms with Crippen LogP contribution in [0, 0.1) is 0 Å². The fourth-order valence-corrected chi connectivity index (χ4v) is 3.36. The lowest BCUT2D eigenvalue weighted by Gasteiger charge is -2.36. The molecule has 1 heterocycles. The molecule has 0 radical (unpaired) electrons. The van der Waals surface area contributed by atoms with E-state index in [1.54, 1.807) is 19.9 Å². The molecule has 0 bridgehead atoms. The number of carbonyl (C=O) groups excluding carboxylic acids is 1. The Morgan fingerprint density at radius 2 is 1.88 bits per heavy atom. The Hall–Kier alpha value is -2.13. The Morgan fingerprint density at radius 1 is 1.16 bits per heavy atom. The maximum atomic E-state index is 12.3. The molecule has 1 aliphatic rings. The maximum absolute atomic E-state index is 12.3. The second-order valence-electron chi connectivity index (χ2n) is 7.51. The number of fused-ring (bicyclic) bond motifs is 1. The van der Waals surface area contributed by atoms with Crippen molar-refractivity contribution in [2.45, 2.75) is 57.7 Å². The molecule has 1 aliphatic heterocycles. The maximum Gasteiger partial charge on any atom is 0.199 e. The van der Waals surface area contributed by atoms with Crippen LogP contribution in [0.4, 0.5) is 0 Å². The fourth-order valence-electron chi connectivity index (χ4n) is 3.36. The smallest absolute Gasteiger partial charge is 0.199 e. The van der Waals surface area contributed by atoms with Crippen LogP contribution >= 0.6 is 0 Å². The van der Waals surface area contributed by atoms with Crippen molar-refractivity contribution in [3.63, 3.8) is 0 Å². The van der Waals surface area contributed by atoms with Gasteiger partial charge in [-0.2, -0.15) is 0 Å². The Balaban J connectivity index is 1.68. The highest BCUT2D eigenvalue weighted by Gasteiger charge is 2.42. The van der Waals surface area contributed by atoms with Crippen molar-refractivity contribution in [1.29, 1.82) is 0 Å². The third-order valence-corrected chi connectivity index (χ3v) is 5.07. The molecule has 3 nitrogen and oxygen atoms in total. The van der Waals surface area contributed by atoms with Gasteiger partial charge in [-0.05, 0) is 62.3 Å². The minimum Gasteiger partial charge on any atom is -0.484 e. The summed E-state index contributed by atoms with van der Waals surface area (Å²) in [4.78, 5) is 12.3. The lowest BCUT2D eigenvalue weighted by molar-refractivity contribution is -0.0249. The number of ketones is 1. The number of hydrogen-bond donors (Lipinski definition) is 1. The van der Waals surface area contributed by atoms with Crippen LogP contribution in [0.1, 0.15) is 61.0 Å². The van der Waals surface area contributed by atoms with E-state index in [2.05, 4.69) is 31.2 Å². The van der Waals surface area contributed by atoms with Crippen molar-refractivity contribution in [2.24, 2.45) is 0 Å². The Kier molecular flexibility index (Phi) is 4.96. The average molecular weight is 338 g/mol. The van der Waals surface area contributed by atoms with Crippen molar-refractivity contribution in [3.8, 4) is 5.75 Å². The van der Waals surface area contributed by atoms with Gasteiger partial charge in [0, 0.05) is 0 Å². The second kappa shape index (κ2) is 7.01. The molecule has 3 heteroatoms. The molecule has 2 atom stereocenters. The molecule has 0 saturated carbocycles.